The monoisotopic (exact) mass is 467 g/mol. The Kier molecular flexibility index (Phi) is 6.99. The largest absolute Gasteiger partial charge is 0.489 e. The molecule has 2 unspecified atom stereocenters. The van der Waals surface area contributed by atoms with Gasteiger partial charge >= 0.3 is 0 Å². The zero-order valence-electron chi connectivity index (χ0n) is 20.2. The molecule has 0 aromatic heterocycles. The van der Waals surface area contributed by atoms with E-state index in [2.05, 4.69) is 36.1 Å². The van der Waals surface area contributed by atoms with Crippen LogP contribution in [0.2, 0.25) is 5.02 Å². The predicted octanol–water partition coefficient (Wildman–Crippen LogP) is 7.56. The van der Waals surface area contributed by atoms with Gasteiger partial charge in [0, 0.05) is 29.9 Å². The number of hydrogen-bond acceptors (Lipinski definition) is 3. The molecule has 3 aliphatic rings. The molecule has 2 aromatic carbocycles. The third-order valence-corrected chi connectivity index (χ3v) is 9.11. The number of fused-ring (bicyclic) bond motifs is 3. The van der Waals surface area contributed by atoms with Gasteiger partial charge in [-0.2, -0.15) is 0 Å². The average molecular weight is 468 g/mol. The smallest absolute Gasteiger partial charge is 0.138 e. The molecular weight excluding hydrogens is 430 g/mol. The quantitative estimate of drug-likeness (QED) is 0.438. The Balaban J connectivity index is 1.33. The van der Waals surface area contributed by atoms with Gasteiger partial charge in [0.15, 0.2) is 0 Å². The van der Waals surface area contributed by atoms with Crippen LogP contribution in [-0.4, -0.2) is 28.9 Å². The van der Waals surface area contributed by atoms with Gasteiger partial charge in [-0.25, -0.2) is 0 Å². The first-order valence-corrected chi connectivity index (χ1v) is 13.5. The predicted molar refractivity (Wildman–Crippen MR) is 136 cm³/mol. The Morgan fingerprint density at radius 3 is 2.39 bits per heavy atom. The Hall–Kier alpha value is -1.58. The molecule has 4 heteroatoms. The number of ether oxygens (including phenoxy) is 1. The van der Waals surface area contributed by atoms with Crippen LogP contribution < -0.4 is 4.74 Å². The van der Waals surface area contributed by atoms with E-state index in [1.807, 2.05) is 6.07 Å². The summed E-state index contributed by atoms with van der Waals surface area (Å²) in [6.07, 6.45) is 12.1. The molecule has 178 valence electrons. The van der Waals surface area contributed by atoms with Crippen LogP contribution in [0.15, 0.2) is 30.3 Å². The fourth-order valence-corrected chi connectivity index (χ4v) is 6.89. The van der Waals surface area contributed by atoms with Crippen molar-refractivity contribution >= 4 is 28.2 Å². The molecule has 1 saturated carbocycles. The Labute approximate surface area is 203 Å². The molecule has 5 rings (SSSR count). The van der Waals surface area contributed by atoms with Crippen LogP contribution in [0, 0.1) is 11.8 Å². The lowest BCUT2D eigenvalue weighted by Gasteiger charge is -2.48. The topological polar surface area (TPSA) is 29.5 Å². The first-order chi connectivity index (χ1) is 16.0. The minimum atomic E-state index is 0.259. The van der Waals surface area contributed by atoms with Crippen LogP contribution in [0.4, 0.5) is 0 Å². The van der Waals surface area contributed by atoms with Gasteiger partial charge in [-0.05, 0) is 87.3 Å². The van der Waals surface area contributed by atoms with E-state index in [9.17, 15) is 4.79 Å². The summed E-state index contributed by atoms with van der Waals surface area (Å²) in [6.45, 7) is 5.01. The van der Waals surface area contributed by atoms with Crippen molar-refractivity contribution in [1.82, 2.24) is 4.90 Å². The summed E-state index contributed by atoms with van der Waals surface area (Å²) >= 11 is 6.91. The molecular formula is C29H38ClNO2. The fraction of sp³-hybridized carbons (Fsp3) is 0.621. The molecule has 33 heavy (non-hydrogen) atoms. The van der Waals surface area contributed by atoms with Gasteiger partial charge in [0.1, 0.15) is 11.5 Å². The number of rotatable bonds is 6. The van der Waals surface area contributed by atoms with E-state index < -0.39 is 0 Å². The van der Waals surface area contributed by atoms with E-state index >= 15 is 0 Å². The molecule has 2 saturated heterocycles. The van der Waals surface area contributed by atoms with Crippen LogP contribution in [0.3, 0.4) is 0 Å². The molecule has 0 amide bonds. The van der Waals surface area contributed by atoms with Gasteiger partial charge in [-0.15, -0.1) is 0 Å². The third-order valence-electron chi connectivity index (χ3n) is 8.72. The highest BCUT2D eigenvalue weighted by Crippen LogP contribution is 2.40. The Bertz CT molecular complexity index is 983. The zero-order valence-corrected chi connectivity index (χ0v) is 20.9. The van der Waals surface area contributed by atoms with Gasteiger partial charge in [0.2, 0.25) is 0 Å². The van der Waals surface area contributed by atoms with E-state index in [1.54, 1.807) is 6.92 Å². The molecule has 3 nitrogen and oxygen atoms in total. The van der Waals surface area contributed by atoms with Crippen LogP contribution in [0.1, 0.15) is 83.6 Å². The highest BCUT2D eigenvalue weighted by molar-refractivity contribution is 6.37. The number of halogens is 1. The Morgan fingerprint density at radius 1 is 1.03 bits per heavy atom. The van der Waals surface area contributed by atoms with Crippen molar-refractivity contribution in [3.8, 4) is 5.75 Å². The molecule has 0 spiro atoms. The number of carbonyl (C=O) groups excluding carboxylic acids is 1. The first kappa shape index (κ1) is 23.2. The number of Topliss-reactive ketones (excluding diaryl/α,β-unsaturated/α-hetero) is 1. The van der Waals surface area contributed by atoms with E-state index in [4.69, 9.17) is 16.3 Å². The minimum Gasteiger partial charge on any atom is -0.489 e. The van der Waals surface area contributed by atoms with Crippen molar-refractivity contribution < 1.29 is 9.53 Å². The highest BCUT2D eigenvalue weighted by atomic mass is 35.5. The summed E-state index contributed by atoms with van der Waals surface area (Å²) in [4.78, 5) is 14.7. The number of piperidine rings is 2. The summed E-state index contributed by atoms with van der Waals surface area (Å²) in [7, 11) is 0. The number of carbonyl (C=O) groups is 1. The van der Waals surface area contributed by atoms with Crippen LogP contribution in [0.5, 0.6) is 5.75 Å². The molecule has 2 bridgehead atoms. The number of ketones is 1. The normalized spacial score (nSPS) is 30.3. The maximum absolute atomic E-state index is 12.0. The van der Waals surface area contributed by atoms with Crippen molar-refractivity contribution in [2.24, 2.45) is 11.8 Å². The van der Waals surface area contributed by atoms with Gasteiger partial charge in [-0.3, -0.25) is 9.69 Å². The van der Waals surface area contributed by atoms with Crippen LogP contribution >= 0.6 is 11.6 Å². The number of nitrogens with zero attached hydrogens (tertiary/aromatic N) is 1. The SMILES string of the molecule is CCC1CCC(Oc2ccc3ccc(CN4C5CCCC4CC(C(C)=O)C5)cc3c2Cl)CC1. The minimum absolute atomic E-state index is 0.259. The molecule has 3 fully saturated rings. The maximum Gasteiger partial charge on any atom is 0.138 e. The summed E-state index contributed by atoms with van der Waals surface area (Å²) in [5, 5.41) is 3.02. The first-order valence-electron chi connectivity index (χ1n) is 13.2. The van der Waals surface area contributed by atoms with Crippen molar-refractivity contribution in [1.29, 1.82) is 0 Å². The second-order valence-electron chi connectivity index (χ2n) is 10.8. The number of benzene rings is 2. The van der Waals surface area contributed by atoms with Crippen molar-refractivity contribution in [2.75, 3.05) is 0 Å². The summed E-state index contributed by atoms with van der Waals surface area (Å²) < 4.78 is 6.40. The molecule has 2 heterocycles. The summed E-state index contributed by atoms with van der Waals surface area (Å²) in [5.41, 5.74) is 1.31. The van der Waals surface area contributed by atoms with Crippen LogP contribution in [-0.2, 0) is 11.3 Å². The van der Waals surface area contributed by atoms with Gasteiger partial charge in [0.25, 0.3) is 0 Å². The molecule has 0 radical (unpaired) electrons. The second-order valence-corrected chi connectivity index (χ2v) is 11.2. The molecule has 1 aliphatic carbocycles. The van der Waals surface area contributed by atoms with E-state index in [0.29, 0.717) is 17.9 Å². The lowest BCUT2D eigenvalue weighted by atomic mass is 9.77. The van der Waals surface area contributed by atoms with Crippen LogP contribution in [0.25, 0.3) is 10.8 Å². The van der Waals surface area contributed by atoms with Gasteiger partial charge < -0.3 is 4.74 Å². The van der Waals surface area contributed by atoms with Crippen molar-refractivity contribution in [3.63, 3.8) is 0 Å². The summed E-state index contributed by atoms with van der Waals surface area (Å²) in [5.74, 6) is 2.33. The summed E-state index contributed by atoms with van der Waals surface area (Å²) in [6, 6.07) is 12.0. The van der Waals surface area contributed by atoms with E-state index in [0.717, 1.165) is 54.3 Å². The molecule has 2 aromatic rings. The average Bonchev–Trinajstić information content (AvgIpc) is 2.81. The standard InChI is InChI=1S/C29H38ClNO2/c1-3-20-8-12-26(13-9-20)33-28-14-11-22-10-7-21(15-27(22)29(28)30)18-31-24-5-4-6-25(31)17-23(16-24)19(2)32/h7,10-11,14-15,20,23-26H,3-6,8-9,12-13,16-18H2,1-2H3. The lowest BCUT2D eigenvalue weighted by molar-refractivity contribution is -0.125. The van der Waals surface area contributed by atoms with Gasteiger partial charge in [-0.1, -0.05) is 49.6 Å². The molecule has 2 atom stereocenters. The van der Waals surface area contributed by atoms with Gasteiger partial charge in [0.05, 0.1) is 11.1 Å². The lowest BCUT2D eigenvalue weighted by Crippen LogP contribution is -2.52. The van der Waals surface area contributed by atoms with Crippen molar-refractivity contribution in [2.45, 2.75) is 103 Å². The second kappa shape index (κ2) is 9.96. The third kappa shape index (κ3) is 4.95. The maximum atomic E-state index is 12.0. The Morgan fingerprint density at radius 2 is 1.73 bits per heavy atom. The zero-order chi connectivity index (χ0) is 22.9. The van der Waals surface area contributed by atoms with E-state index in [-0.39, 0.29) is 12.0 Å². The molecule has 0 N–H and O–H groups in total. The molecule has 2 aliphatic heterocycles. The number of hydrogen-bond donors (Lipinski definition) is 0. The van der Waals surface area contributed by atoms with E-state index in [1.165, 1.54) is 49.5 Å². The fourth-order valence-electron chi connectivity index (χ4n) is 6.62. The highest BCUT2D eigenvalue weighted by Gasteiger charge is 2.39. The van der Waals surface area contributed by atoms with Crippen molar-refractivity contribution in [3.05, 3.63) is 40.9 Å².